The molecule has 130 valence electrons. The first-order valence-corrected chi connectivity index (χ1v) is 10.2. The van der Waals surface area contributed by atoms with Crippen molar-refractivity contribution in [2.24, 2.45) is 0 Å². The predicted octanol–water partition coefficient (Wildman–Crippen LogP) is 3.02. The fraction of sp³-hybridized carbons (Fsp3) is 0.312. The number of rotatable bonds is 8. The first kappa shape index (κ1) is 18.8. The summed E-state index contributed by atoms with van der Waals surface area (Å²) in [5, 5.41) is 3.49. The Morgan fingerprint density at radius 1 is 1.29 bits per heavy atom. The number of thiophene rings is 1. The van der Waals surface area contributed by atoms with Crippen molar-refractivity contribution in [3.63, 3.8) is 0 Å². The lowest BCUT2D eigenvalue weighted by atomic mass is 10.1. The summed E-state index contributed by atoms with van der Waals surface area (Å²) in [7, 11) is -2.07. The van der Waals surface area contributed by atoms with Gasteiger partial charge in [-0.25, -0.2) is 8.42 Å². The number of nitrogens with one attached hydrogen (secondary N) is 1. The molecule has 0 saturated carbocycles. The quantitative estimate of drug-likeness (QED) is 0.706. The van der Waals surface area contributed by atoms with Gasteiger partial charge in [-0.15, -0.1) is 22.9 Å². The van der Waals surface area contributed by atoms with Crippen LogP contribution in [0.1, 0.15) is 17.2 Å². The number of halogens is 1. The van der Waals surface area contributed by atoms with Crippen LogP contribution in [0.25, 0.3) is 0 Å². The first-order chi connectivity index (χ1) is 11.5. The third-order valence-corrected chi connectivity index (χ3v) is 7.16. The van der Waals surface area contributed by atoms with E-state index in [1.54, 1.807) is 48.9 Å². The lowest BCUT2D eigenvalue weighted by molar-refractivity contribution is -0.120. The van der Waals surface area contributed by atoms with Crippen molar-refractivity contribution in [3.8, 4) is 5.75 Å². The van der Waals surface area contributed by atoms with E-state index in [0.29, 0.717) is 11.3 Å². The summed E-state index contributed by atoms with van der Waals surface area (Å²) < 4.78 is 31.2. The Kier molecular flexibility index (Phi) is 6.65. The van der Waals surface area contributed by atoms with Crippen LogP contribution in [-0.2, 0) is 14.6 Å². The molecule has 0 spiro atoms. The molecule has 1 N–H and O–H groups in total. The molecular formula is C16H18ClNO4S2. The zero-order valence-electron chi connectivity index (χ0n) is 13.1. The van der Waals surface area contributed by atoms with Gasteiger partial charge in [0.15, 0.2) is 9.84 Å². The third kappa shape index (κ3) is 4.49. The van der Waals surface area contributed by atoms with Crippen LogP contribution in [0.3, 0.4) is 0 Å². The topological polar surface area (TPSA) is 72.5 Å². The molecule has 5 nitrogen and oxygen atoms in total. The van der Waals surface area contributed by atoms with Gasteiger partial charge in [-0.3, -0.25) is 4.79 Å². The van der Waals surface area contributed by atoms with Crippen molar-refractivity contribution < 1.29 is 17.9 Å². The molecule has 0 fully saturated rings. The molecule has 2 rings (SSSR count). The molecule has 0 unspecified atom stereocenters. The number of alkyl halides is 1. The molecule has 1 amide bonds. The highest BCUT2D eigenvalue weighted by molar-refractivity contribution is 7.93. The van der Waals surface area contributed by atoms with Crippen LogP contribution in [0.5, 0.6) is 5.75 Å². The van der Waals surface area contributed by atoms with Crippen molar-refractivity contribution in [3.05, 3.63) is 47.3 Å². The molecular weight excluding hydrogens is 370 g/mol. The second kappa shape index (κ2) is 8.50. The summed E-state index contributed by atoms with van der Waals surface area (Å²) in [6.45, 7) is -0.0116. The smallest absolute Gasteiger partial charge is 0.221 e. The molecule has 1 heterocycles. The number of sulfone groups is 1. The Balaban J connectivity index is 2.31. The van der Waals surface area contributed by atoms with Gasteiger partial charge in [-0.05, 0) is 29.1 Å². The Morgan fingerprint density at radius 2 is 2.00 bits per heavy atom. The predicted molar refractivity (Wildman–Crippen MR) is 95.6 cm³/mol. The number of ether oxygens (including phenoxy) is 1. The summed E-state index contributed by atoms with van der Waals surface area (Å²) in [6, 6.07) is 10.1. The van der Waals surface area contributed by atoms with Crippen molar-refractivity contribution in [1.29, 1.82) is 0 Å². The van der Waals surface area contributed by atoms with Crippen LogP contribution in [0, 0.1) is 0 Å². The average Bonchev–Trinajstić information content (AvgIpc) is 3.11. The zero-order valence-corrected chi connectivity index (χ0v) is 15.5. The van der Waals surface area contributed by atoms with Gasteiger partial charge >= 0.3 is 0 Å². The molecule has 0 saturated heterocycles. The maximum atomic E-state index is 12.9. The molecule has 0 aliphatic rings. The van der Waals surface area contributed by atoms with Gasteiger partial charge < -0.3 is 10.1 Å². The van der Waals surface area contributed by atoms with Crippen LogP contribution in [-0.4, -0.2) is 33.9 Å². The molecule has 8 heteroatoms. The lowest BCUT2D eigenvalue weighted by Crippen LogP contribution is -2.31. The highest BCUT2D eigenvalue weighted by Crippen LogP contribution is 2.32. The summed E-state index contributed by atoms with van der Waals surface area (Å²) in [6.07, 6.45) is 0.149. The number of methoxy groups -OCH3 is 1. The molecule has 1 aromatic carbocycles. The van der Waals surface area contributed by atoms with Crippen LogP contribution in [0.15, 0.2) is 46.0 Å². The van der Waals surface area contributed by atoms with E-state index in [0.717, 1.165) is 11.3 Å². The van der Waals surface area contributed by atoms with Gasteiger partial charge in [0.1, 0.15) is 15.2 Å². The van der Waals surface area contributed by atoms with E-state index in [4.69, 9.17) is 16.3 Å². The molecule has 0 aliphatic carbocycles. The highest BCUT2D eigenvalue weighted by atomic mass is 35.5. The number of hydrogen-bond acceptors (Lipinski definition) is 5. The Bertz CT molecular complexity index is 758. The Morgan fingerprint density at radius 3 is 2.54 bits per heavy atom. The molecule has 1 atom stereocenters. The van der Waals surface area contributed by atoms with E-state index >= 15 is 0 Å². The molecule has 0 bridgehead atoms. The minimum absolute atomic E-state index is 0.0116. The standard InChI is InChI=1S/C16H18ClNO4S2/c1-22-13-6-4-12(5-7-13)14(11-18-15(19)8-9-17)24(20,21)16-3-2-10-23-16/h2-7,10,14H,8-9,11H2,1H3,(H,18,19)/t14-/m1/s1. The van der Waals surface area contributed by atoms with Crippen molar-refractivity contribution in [2.75, 3.05) is 19.5 Å². The molecule has 24 heavy (non-hydrogen) atoms. The van der Waals surface area contributed by atoms with Crippen LogP contribution < -0.4 is 10.1 Å². The fourth-order valence-electron chi connectivity index (χ4n) is 2.17. The number of benzene rings is 1. The Labute approximate surface area is 150 Å². The van der Waals surface area contributed by atoms with Gasteiger partial charge in [-0.2, -0.15) is 0 Å². The van der Waals surface area contributed by atoms with E-state index in [2.05, 4.69) is 5.32 Å². The van der Waals surface area contributed by atoms with E-state index < -0.39 is 15.1 Å². The molecule has 0 radical (unpaired) electrons. The third-order valence-electron chi connectivity index (χ3n) is 3.44. The lowest BCUT2D eigenvalue weighted by Gasteiger charge is -2.18. The van der Waals surface area contributed by atoms with E-state index in [9.17, 15) is 13.2 Å². The summed E-state index contributed by atoms with van der Waals surface area (Å²) >= 11 is 6.70. The molecule has 0 aliphatic heterocycles. The van der Waals surface area contributed by atoms with Gasteiger partial charge in [0, 0.05) is 18.8 Å². The van der Waals surface area contributed by atoms with Crippen LogP contribution in [0.2, 0.25) is 0 Å². The molecule has 2 aromatic rings. The van der Waals surface area contributed by atoms with E-state index in [1.165, 1.54) is 0 Å². The number of carbonyl (C=O) groups is 1. The maximum Gasteiger partial charge on any atom is 0.221 e. The largest absolute Gasteiger partial charge is 0.497 e. The molecule has 1 aromatic heterocycles. The van der Waals surface area contributed by atoms with Gasteiger partial charge in [0.2, 0.25) is 5.91 Å². The summed E-state index contributed by atoms with van der Waals surface area (Å²) in [4.78, 5) is 11.7. The number of amides is 1. The van der Waals surface area contributed by atoms with Crippen molar-refractivity contribution >= 4 is 38.7 Å². The second-order valence-corrected chi connectivity index (χ2v) is 8.66. The number of carbonyl (C=O) groups excluding carboxylic acids is 1. The van der Waals surface area contributed by atoms with Crippen molar-refractivity contribution in [1.82, 2.24) is 5.32 Å². The second-order valence-electron chi connectivity index (χ2n) is 4.98. The van der Waals surface area contributed by atoms with Crippen molar-refractivity contribution in [2.45, 2.75) is 15.9 Å². The SMILES string of the molecule is COc1ccc([C@@H](CNC(=O)CCCl)S(=O)(=O)c2cccs2)cc1. The van der Waals surface area contributed by atoms with Crippen LogP contribution >= 0.6 is 22.9 Å². The monoisotopic (exact) mass is 387 g/mol. The fourth-order valence-corrected chi connectivity index (χ4v) is 5.21. The van der Waals surface area contributed by atoms with E-state index in [-0.39, 0.29) is 29.0 Å². The number of hydrogen-bond donors (Lipinski definition) is 1. The summed E-state index contributed by atoms with van der Waals surface area (Å²) in [5.41, 5.74) is 0.593. The average molecular weight is 388 g/mol. The minimum atomic E-state index is -3.61. The maximum absolute atomic E-state index is 12.9. The minimum Gasteiger partial charge on any atom is -0.497 e. The highest BCUT2D eigenvalue weighted by Gasteiger charge is 2.30. The van der Waals surface area contributed by atoms with Gasteiger partial charge in [0.05, 0.1) is 7.11 Å². The normalized spacial score (nSPS) is 12.6. The Hall–Kier alpha value is -1.57. The van der Waals surface area contributed by atoms with Gasteiger partial charge in [0.25, 0.3) is 0 Å². The van der Waals surface area contributed by atoms with E-state index in [1.807, 2.05) is 0 Å². The van der Waals surface area contributed by atoms with Gasteiger partial charge in [-0.1, -0.05) is 18.2 Å². The zero-order chi connectivity index (χ0) is 17.6. The van der Waals surface area contributed by atoms with Crippen LogP contribution in [0.4, 0.5) is 0 Å². The summed E-state index contributed by atoms with van der Waals surface area (Å²) in [5.74, 6) is 0.554. The first-order valence-electron chi connectivity index (χ1n) is 7.23.